The molecular formula is C16H21N5O2. The second-order valence-electron chi connectivity index (χ2n) is 5.59. The molecule has 0 aliphatic heterocycles. The van der Waals surface area contributed by atoms with E-state index < -0.39 is 6.10 Å². The molecule has 0 saturated carbocycles. The first kappa shape index (κ1) is 15.5. The molecule has 0 bridgehead atoms. The van der Waals surface area contributed by atoms with Gasteiger partial charge in [-0.15, -0.1) is 0 Å². The minimum atomic E-state index is -0.454. The van der Waals surface area contributed by atoms with Crippen LogP contribution in [-0.2, 0) is 13.0 Å². The highest BCUT2D eigenvalue weighted by Crippen LogP contribution is 2.20. The van der Waals surface area contributed by atoms with Gasteiger partial charge in [0, 0.05) is 13.0 Å². The smallest absolute Gasteiger partial charge is 0.226 e. The number of hydrogen-bond donors (Lipinski definition) is 2. The summed E-state index contributed by atoms with van der Waals surface area (Å²) < 4.78 is 7.25. The Morgan fingerprint density at radius 2 is 2.13 bits per heavy atom. The molecular weight excluding hydrogens is 294 g/mol. The summed E-state index contributed by atoms with van der Waals surface area (Å²) in [6, 6.07) is 7.88. The number of hydrogen-bond acceptors (Lipinski definition) is 6. The molecule has 23 heavy (non-hydrogen) atoms. The molecule has 0 amide bonds. The highest BCUT2D eigenvalue weighted by Gasteiger charge is 2.14. The van der Waals surface area contributed by atoms with Gasteiger partial charge >= 0.3 is 0 Å². The summed E-state index contributed by atoms with van der Waals surface area (Å²) in [7, 11) is 0. The van der Waals surface area contributed by atoms with E-state index in [4.69, 9.17) is 4.52 Å². The van der Waals surface area contributed by atoms with E-state index in [2.05, 4.69) is 27.4 Å². The number of aromatic nitrogens is 4. The monoisotopic (exact) mass is 315 g/mol. The molecule has 0 saturated heterocycles. The fraction of sp³-hybridized carbons (Fsp3) is 0.438. The quantitative estimate of drug-likeness (QED) is 0.695. The van der Waals surface area contributed by atoms with Crippen molar-refractivity contribution >= 4 is 17.0 Å². The molecule has 7 heteroatoms. The van der Waals surface area contributed by atoms with Gasteiger partial charge < -0.3 is 19.5 Å². The first-order valence-corrected chi connectivity index (χ1v) is 7.86. The zero-order valence-electron chi connectivity index (χ0n) is 13.4. The molecule has 1 atom stereocenters. The Labute approximate surface area is 134 Å². The number of aryl methyl sites for hydroxylation is 1. The number of aliphatic hydroxyl groups excluding tert-OH is 1. The molecule has 2 heterocycles. The van der Waals surface area contributed by atoms with Crippen LogP contribution in [0.2, 0.25) is 0 Å². The highest BCUT2D eigenvalue weighted by atomic mass is 16.5. The van der Waals surface area contributed by atoms with Crippen molar-refractivity contribution in [2.45, 2.75) is 39.3 Å². The summed E-state index contributed by atoms with van der Waals surface area (Å²) in [6.07, 6.45) is 1.30. The third-order valence-corrected chi connectivity index (χ3v) is 3.48. The molecule has 0 fully saturated rings. The lowest BCUT2D eigenvalue weighted by molar-refractivity contribution is 0.208. The molecule has 1 aromatic carbocycles. The van der Waals surface area contributed by atoms with Crippen LogP contribution in [0.3, 0.4) is 0 Å². The fourth-order valence-corrected chi connectivity index (χ4v) is 2.42. The third kappa shape index (κ3) is 3.50. The van der Waals surface area contributed by atoms with Gasteiger partial charge in [-0.25, -0.2) is 4.98 Å². The van der Waals surface area contributed by atoms with Crippen molar-refractivity contribution in [2.75, 3.05) is 11.9 Å². The second kappa shape index (κ2) is 6.78. The third-order valence-electron chi connectivity index (χ3n) is 3.48. The van der Waals surface area contributed by atoms with E-state index in [9.17, 15) is 5.11 Å². The normalized spacial score (nSPS) is 12.7. The molecule has 7 nitrogen and oxygen atoms in total. The van der Waals surface area contributed by atoms with Crippen LogP contribution in [-0.4, -0.2) is 37.4 Å². The topological polar surface area (TPSA) is 89.0 Å². The molecule has 0 aliphatic carbocycles. The van der Waals surface area contributed by atoms with Gasteiger partial charge in [0.2, 0.25) is 11.8 Å². The largest absolute Gasteiger partial charge is 0.392 e. The van der Waals surface area contributed by atoms with Crippen molar-refractivity contribution in [2.24, 2.45) is 0 Å². The van der Waals surface area contributed by atoms with Gasteiger partial charge in [0.05, 0.1) is 23.7 Å². The minimum Gasteiger partial charge on any atom is -0.392 e. The number of nitrogens with one attached hydrogen (secondary N) is 1. The van der Waals surface area contributed by atoms with Crippen LogP contribution in [0, 0.1) is 0 Å². The predicted octanol–water partition coefficient (Wildman–Crippen LogP) is 2.21. The van der Waals surface area contributed by atoms with Gasteiger partial charge in [0.15, 0.2) is 5.82 Å². The van der Waals surface area contributed by atoms with E-state index in [1.807, 2.05) is 28.8 Å². The number of fused-ring (bicyclic) bond motifs is 1. The fourth-order valence-electron chi connectivity index (χ4n) is 2.42. The molecule has 3 aromatic rings. The first-order valence-electron chi connectivity index (χ1n) is 7.86. The lowest BCUT2D eigenvalue weighted by atomic mass is 10.3. The van der Waals surface area contributed by atoms with Gasteiger partial charge in [-0.1, -0.05) is 24.2 Å². The first-order chi connectivity index (χ1) is 11.2. The molecule has 0 radical (unpaired) electrons. The minimum absolute atomic E-state index is 0.427. The van der Waals surface area contributed by atoms with Crippen LogP contribution < -0.4 is 5.32 Å². The molecule has 122 valence electrons. The van der Waals surface area contributed by atoms with Gasteiger partial charge in [-0.3, -0.25) is 0 Å². The summed E-state index contributed by atoms with van der Waals surface area (Å²) in [5, 5.41) is 16.7. The number of para-hydroxylation sites is 2. The zero-order chi connectivity index (χ0) is 16.2. The Kier molecular flexibility index (Phi) is 4.57. The zero-order valence-corrected chi connectivity index (χ0v) is 13.4. The Bertz CT molecular complexity index is 778. The summed E-state index contributed by atoms with van der Waals surface area (Å²) in [5.74, 6) is 1.97. The molecule has 2 aromatic heterocycles. The number of aliphatic hydroxyl groups is 1. The molecule has 3 rings (SSSR count). The van der Waals surface area contributed by atoms with Crippen LogP contribution in [0.1, 0.15) is 32.0 Å². The predicted molar refractivity (Wildman–Crippen MR) is 87.3 cm³/mol. The SMILES string of the molecule is CCCc1nc(Cn2c(NC[C@H](C)O)nc3ccccc32)no1. The standard InChI is InChI=1S/C16H21N5O2/c1-3-6-15-19-14(20-23-15)10-21-13-8-5-4-7-12(13)18-16(21)17-9-11(2)22/h4-5,7-8,11,22H,3,6,9-10H2,1-2H3,(H,17,18)/t11-/m0/s1. The maximum Gasteiger partial charge on any atom is 0.226 e. The number of imidazole rings is 1. The summed E-state index contributed by atoms with van der Waals surface area (Å²) in [4.78, 5) is 8.99. The van der Waals surface area contributed by atoms with E-state index >= 15 is 0 Å². The molecule has 0 unspecified atom stereocenters. The summed E-state index contributed by atoms with van der Waals surface area (Å²) in [5.41, 5.74) is 1.88. The molecule has 2 N–H and O–H groups in total. The second-order valence-corrected chi connectivity index (χ2v) is 5.59. The highest BCUT2D eigenvalue weighted by molar-refractivity contribution is 5.78. The Morgan fingerprint density at radius 1 is 1.30 bits per heavy atom. The van der Waals surface area contributed by atoms with Crippen molar-refractivity contribution in [1.29, 1.82) is 0 Å². The average Bonchev–Trinajstić information content (AvgIpc) is 3.11. The average molecular weight is 315 g/mol. The van der Waals surface area contributed by atoms with Crippen LogP contribution in [0.15, 0.2) is 28.8 Å². The summed E-state index contributed by atoms with van der Waals surface area (Å²) in [6.45, 7) is 4.70. The lowest BCUT2D eigenvalue weighted by Gasteiger charge is -2.10. The van der Waals surface area contributed by atoms with E-state index in [-0.39, 0.29) is 0 Å². The van der Waals surface area contributed by atoms with Gasteiger partial charge in [0.25, 0.3) is 0 Å². The van der Waals surface area contributed by atoms with Crippen molar-refractivity contribution in [1.82, 2.24) is 19.7 Å². The van der Waals surface area contributed by atoms with Gasteiger partial charge in [-0.05, 0) is 25.5 Å². The van der Waals surface area contributed by atoms with Crippen molar-refractivity contribution < 1.29 is 9.63 Å². The van der Waals surface area contributed by atoms with Gasteiger partial charge in [0.1, 0.15) is 0 Å². The molecule has 0 spiro atoms. The van der Waals surface area contributed by atoms with Crippen LogP contribution in [0.4, 0.5) is 5.95 Å². The van der Waals surface area contributed by atoms with E-state index in [0.29, 0.717) is 30.8 Å². The van der Waals surface area contributed by atoms with Crippen molar-refractivity contribution in [3.05, 3.63) is 36.0 Å². The van der Waals surface area contributed by atoms with Gasteiger partial charge in [-0.2, -0.15) is 4.98 Å². The van der Waals surface area contributed by atoms with E-state index in [0.717, 1.165) is 23.9 Å². The van der Waals surface area contributed by atoms with Crippen molar-refractivity contribution in [3.63, 3.8) is 0 Å². The maximum atomic E-state index is 9.49. The van der Waals surface area contributed by atoms with Crippen LogP contribution >= 0.6 is 0 Å². The Balaban J connectivity index is 1.91. The van der Waals surface area contributed by atoms with E-state index in [1.54, 1.807) is 6.92 Å². The maximum absolute atomic E-state index is 9.49. The Hall–Kier alpha value is -2.41. The van der Waals surface area contributed by atoms with Crippen molar-refractivity contribution in [3.8, 4) is 0 Å². The van der Waals surface area contributed by atoms with Crippen LogP contribution in [0.25, 0.3) is 11.0 Å². The van der Waals surface area contributed by atoms with Crippen LogP contribution in [0.5, 0.6) is 0 Å². The van der Waals surface area contributed by atoms with E-state index in [1.165, 1.54) is 0 Å². The number of anilines is 1. The number of rotatable bonds is 7. The number of benzene rings is 1. The summed E-state index contributed by atoms with van der Waals surface area (Å²) >= 11 is 0. The molecule has 0 aliphatic rings. The Morgan fingerprint density at radius 3 is 2.91 bits per heavy atom. The lowest BCUT2D eigenvalue weighted by Crippen LogP contribution is -2.18. The number of nitrogens with zero attached hydrogens (tertiary/aromatic N) is 4.